The van der Waals surface area contributed by atoms with E-state index in [2.05, 4.69) is 17.1 Å². The van der Waals surface area contributed by atoms with Crippen LogP contribution in [0.25, 0.3) is 0 Å². The van der Waals surface area contributed by atoms with Gasteiger partial charge in [-0.25, -0.2) is 0 Å². The Hall–Kier alpha value is -1.10. The first kappa shape index (κ1) is 15.3. The summed E-state index contributed by atoms with van der Waals surface area (Å²) < 4.78 is 5.30. The summed E-state index contributed by atoms with van der Waals surface area (Å²) in [6, 6.07) is 5.45. The van der Waals surface area contributed by atoms with Gasteiger partial charge in [-0.1, -0.05) is 41.3 Å². The van der Waals surface area contributed by atoms with E-state index in [-0.39, 0.29) is 12.0 Å². The van der Waals surface area contributed by atoms with E-state index in [1.54, 1.807) is 6.07 Å². The van der Waals surface area contributed by atoms with Gasteiger partial charge >= 0.3 is 0 Å². The Morgan fingerprint density at radius 2 is 2.05 bits per heavy atom. The lowest BCUT2D eigenvalue weighted by Crippen LogP contribution is -2.24. The summed E-state index contributed by atoms with van der Waals surface area (Å²) in [4.78, 5) is 4.42. The third-order valence-electron chi connectivity index (χ3n) is 3.22. The van der Waals surface area contributed by atoms with Crippen LogP contribution in [-0.4, -0.2) is 16.2 Å². The fraction of sp³-hybridized carbons (Fsp3) is 0.429. The van der Waals surface area contributed by atoms with E-state index in [4.69, 9.17) is 33.5 Å². The molecule has 0 fully saturated rings. The first-order chi connectivity index (χ1) is 9.51. The smallest absolute Gasteiger partial charge is 0.231 e. The van der Waals surface area contributed by atoms with Crippen LogP contribution < -0.4 is 5.73 Å². The van der Waals surface area contributed by atoms with Crippen LogP contribution in [0, 0.1) is 0 Å². The van der Waals surface area contributed by atoms with Gasteiger partial charge in [0.1, 0.15) is 0 Å². The first-order valence-electron chi connectivity index (χ1n) is 6.53. The fourth-order valence-corrected chi connectivity index (χ4v) is 2.41. The second kappa shape index (κ2) is 6.57. The lowest BCUT2D eigenvalue weighted by molar-refractivity contribution is 0.331. The second-order valence-corrected chi connectivity index (χ2v) is 5.66. The molecule has 0 amide bonds. The van der Waals surface area contributed by atoms with Gasteiger partial charge in [0.05, 0.1) is 16.0 Å². The van der Waals surface area contributed by atoms with Crippen LogP contribution in [0.1, 0.15) is 43.5 Å². The summed E-state index contributed by atoms with van der Waals surface area (Å²) in [5.41, 5.74) is 6.90. The van der Waals surface area contributed by atoms with Crippen LogP contribution in [0.2, 0.25) is 10.0 Å². The van der Waals surface area contributed by atoms with Crippen molar-refractivity contribution in [2.45, 2.75) is 38.6 Å². The molecule has 0 aliphatic heterocycles. The summed E-state index contributed by atoms with van der Waals surface area (Å²) in [5.74, 6) is 1.31. The Morgan fingerprint density at radius 1 is 1.30 bits per heavy atom. The Morgan fingerprint density at radius 3 is 2.65 bits per heavy atom. The number of nitrogens with zero attached hydrogens (tertiary/aromatic N) is 2. The lowest BCUT2D eigenvalue weighted by atomic mass is 9.99. The minimum Gasteiger partial charge on any atom is -0.339 e. The molecule has 0 radical (unpaired) electrons. The molecule has 20 heavy (non-hydrogen) atoms. The van der Waals surface area contributed by atoms with Crippen molar-refractivity contribution < 1.29 is 4.52 Å². The van der Waals surface area contributed by atoms with Crippen molar-refractivity contribution in [3.63, 3.8) is 0 Å². The predicted octanol–water partition coefficient (Wildman–Crippen LogP) is 3.81. The molecule has 0 bridgehead atoms. The van der Waals surface area contributed by atoms with Gasteiger partial charge in [-0.3, -0.25) is 0 Å². The van der Waals surface area contributed by atoms with Crippen molar-refractivity contribution in [1.82, 2.24) is 10.1 Å². The molecule has 2 atom stereocenters. The molecule has 1 aromatic heterocycles. The maximum Gasteiger partial charge on any atom is 0.231 e. The number of aromatic nitrogens is 2. The minimum atomic E-state index is -0.0155. The molecule has 1 heterocycles. The number of rotatable bonds is 5. The van der Waals surface area contributed by atoms with Crippen molar-refractivity contribution in [3.05, 3.63) is 45.5 Å². The van der Waals surface area contributed by atoms with Crippen LogP contribution in [0.5, 0.6) is 0 Å². The number of benzene rings is 1. The van der Waals surface area contributed by atoms with E-state index >= 15 is 0 Å². The van der Waals surface area contributed by atoms with Crippen LogP contribution in [0.15, 0.2) is 22.7 Å². The van der Waals surface area contributed by atoms with Gasteiger partial charge in [0.15, 0.2) is 5.82 Å². The van der Waals surface area contributed by atoms with Crippen LogP contribution >= 0.6 is 23.2 Å². The minimum absolute atomic E-state index is 0.0155. The van der Waals surface area contributed by atoms with Gasteiger partial charge in [-0.15, -0.1) is 0 Å². The van der Waals surface area contributed by atoms with Crippen molar-refractivity contribution in [3.8, 4) is 0 Å². The molecule has 0 saturated heterocycles. The Bertz CT molecular complexity index is 584. The zero-order valence-corrected chi connectivity index (χ0v) is 12.9. The van der Waals surface area contributed by atoms with Crippen LogP contribution in [0.4, 0.5) is 0 Å². The summed E-state index contributed by atoms with van der Waals surface area (Å²) in [6.45, 7) is 3.99. The zero-order valence-electron chi connectivity index (χ0n) is 11.4. The van der Waals surface area contributed by atoms with Crippen LogP contribution in [0.3, 0.4) is 0 Å². The monoisotopic (exact) mass is 313 g/mol. The van der Waals surface area contributed by atoms with Gasteiger partial charge in [0.2, 0.25) is 5.89 Å². The molecule has 6 heteroatoms. The summed E-state index contributed by atoms with van der Waals surface area (Å²) in [5, 5.41) is 5.05. The molecular weight excluding hydrogens is 297 g/mol. The molecule has 4 nitrogen and oxygen atoms in total. The van der Waals surface area contributed by atoms with E-state index in [9.17, 15) is 0 Å². The van der Waals surface area contributed by atoms with Crippen molar-refractivity contribution in [1.29, 1.82) is 0 Å². The second-order valence-electron chi connectivity index (χ2n) is 4.85. The highest BCUT2D eigenvalue weighted by Gasteiger charge is 2.21. The highest BCUT2D eigenvalue weighted by atomic mass is 35.5. The maximum absolute atomic E-state index is 5.99. The fourth-order valence-electron chi connectivity index (χ4n) is 2.09. The molecule has 0 aliphatic rings. The highest BCUT2D eigenvalue weighted by molar-refractivity contribution is 6.42. The maximum atomic E-state index is 5.99. The molecule has 0 saturated carbocycles. The Balaban J connectivity index is 2.14. The average molecular weight is 314 g/mol. The Labute approximate surface area is 128 Å². The van der Waals surface area contributed by atoms with Crippen molar-refractivity contribution in [2.75, 3.05) is 0 Å². The van der Waals surface area contributed by atoms with E-state index in [0.717, 1.165) is 12.0 Å². The average Bonchev–Trinajstić information content (AvgIpc) is 2.82. The quantitative estimate of drug-likeness (QED) is 0.911. The predicted molar refractivity (Wildman–Crippen MR) is 80.2 cm³/mol. The Kier molecular flexibility index (Phi) is 5.02. The normalized spacial score (nSPS) is 14.2. The first-order valence-corrected chi connectivity index (χ1v) is 7.28. The van der Waals surface area contributed by atoms with E-state index in [0.29, 0.717) is 28.2 Å². The molecule has 0 aliphatic carbocycles. The molecule has 2 rings (SSSR count). The number of hydrogen-bond acceptors (Lipinski definition) is 4. The molecule has 1 aromatic carbocycles. The van der Waals surface area contributed by atoms with Gasteiger partial charge in [0.25, 0.3) is 0 Å². The van der Waals surface area contributed by atoms with Crippen molar-refractivity contribution >= 4 is 23.2 Å². The van der Waals surface area contributed by atoms with Gasteiger partial charge in [0, 0.05) is 12.5 Å². The van der Waals surface area contributed by atoms with Crippen molar-refractivity contribution in [2.24, 2.45) is 5.73 Å². The highest BCUT2D eigenvalue weighted by Crippen LogP contribution is 2.24. The molecule has 108 valence electrons. The summed E-state index contributed by atoms with van der Waals surface area (Å²) in [7, 11) is 0. The number of nitrogens with two attached hydrogens (primary N) is 1. The van der Waals surface area contributed by atoms with Gasteiger partial charge in [-0.2, -0.15) is 4.98 Å². The lowest BCUT2D eigenvalue weighted by Gasteiger charge is -2.13. The molecular formula is C14H17Cl2N3O. The molecule has 2 unspecified atom stereocenters. The van der Waals surface area contributed by atoms with Gasteiger partial charge < -0.3 is 10.3 Å². The number of hydrogen-bond donors (Lipinski definition) is 1. The van der Waals surface area contributed by atoms with E-state index in [1.807, 2.05) is 19.1 Å². The third kappa shape index (κ3) is 3.51. The zero-order chi connectivity index (χ0) is 14.7. The van der Waals surface area contributed by atoms with Crippen LogP contribution in [-0.2, 0) is 6.42 Å². The third-order valence-corrected chi connectivity index (χ3v) is 3.96. The standard InChI is InChI=1S/C14H17Cl2N3O/c1-3-10(8(2)17)14-18-13(19-20-14)7-9-4-5-11(15)12(16)6-9/h4-6,8,10H,3,7,17H2,1-2H3. The topological polar surface area (TPSA) is 64.9 Å². The summed E-state index contributed by atoms with van der Waals surface area (Å²) in [6.07, 6.45) is 1.42. The molecule has 0 spiro atoms. The molecule has 2 N–H and O–H groups in total. The van der Waals surface area contributed by atoms with Gasteiger partial charge in [-0.05, 0) is 31.0 Å². The number of halogens is 2. The SMILES string of the molecule is CCC(c1nc(Cc2ccc(Cl)c(Cl)c2)no1)C(C)N. The summed E-state index contributed by atoms with van der Waals surface area (Å²) >= 11 is 11.9. The van der Waals surface area contributed by atoms with E-state index in [1.165, 1.54) is 0 Å². The largest absolute Gasteiger partial charge is 0.339 e. The van der Waals surface area contributed by atoms with E-state index < -0.39 is 0 Å². The molecule has 2 aromatic rings.